The van der Waals surface area contributed by atoms with Crippen LogP contribution in [0.1, 0.15) is 48.9 Å². The Morgan fingerprint density at radius 1 is 1.06 bits per heavy atom. The van der Waals surface area contributed by atoms with Crippen molar-refractivity contribution in [1.29, 1.82) is 0 Å². The van der Waals surface area contributed by atoms with Crippen LogP contribution < -0.4 is 5.32 Å². The molecule has 98 valence electrons. The van der Waals surface area contributed by atoms with Gasteiger partial charge in [-0.1, -0.05) is 31.7 Å². The van der Waals surface area contributed by atoms with E-state index in [9.17, 15) is 15.0 Å². The van der Waals surface area contributed by atoms with Crippen LogP contribution >= 0.6 is 0 Å². The van der Waals surface area contributed by atoms with E-state index >= 15 is 0 Å². The lowest BCUT2D eigenvalue weighted by atomic mass is 10.1. The highest BCUT2D eigenvalue weighted by Crippen LogP contribution is 2.26. The molecule has 1 amide bonds. The van der Waals surface area contributed by atoms with E-state index in [1.807, 2.05) is 0 Å². The maximum absolute atomic E-state index is 12.0. The largest absolute Gasteiger partial charge is 0.507 e. The molecule has 3 N–H and O–H groups in total. The third kappa shape index (κ3) is 2.94. The highest BCUT2D eigenvalue weighted by molar-refractivity contribution is 5.99. The second-order valence-corrected chi connectivity index (χ2v) is 4.83. The minimum Gasteiger partial charge on any atom is -0.507 e. The molecule has 0 atom stereocenters. The monoisotopic (exact) mass is 249 g/mol. The van der Waals surface area contributed by atoms with Crippen molar-refractivity contribution in [3.63, 3.8) is 0 Å². The molecule has 0 spiro atoms. The molecule has 1 aromatic rings. The Balaban J connectivity index is 2.07. The molecule has 0 heterocycles. The molecule has 1 saturated carbocycles. The summed E-state index contributed by atoms with van der Waals surface area (Å²) < 4.78 is 0. The standard InChI is InChI=1S/C14H19NO3/c16-11-8-5-9-12(17)13(11)14(18)15-10-6-3-1-2-4-7-10/h5,8-10,16-17H,1-4,6-7H2,(H,15,18). The molecular formula is C14H19NO3. The zero-order valence-electron chi connectivity index (χ0n) is 10.4. The van der Waals surface area contributed by atoms with E-state index in [0.717, 1.165) is 25.7 Å². The topological polar surface area (TPSA) is 69.6 Å². The molecule has 0 aliphatic heterocycles. The molecule has 0 unspecified atom stereocenters. The lowest BCUT2D eigenvalue weighted by Crippen LogP contribution is -2.34. The number of nitrogens with one attached hydrogen (secondary N) is 1. The summed E-state index contributed by atoms with van der Waals surface area (Å²) in [4.78, 5) is 12.0. The van der Waals surface area contributed by atoms with Crippen molar-refractivity contribution in [2.75, 3.05) is 0 Å². The minimum absolute atomic E-state index is 0.0262. The minimum atomic E-state index is -0.391. The summed E-state index contributed by atoms with van der Waals surface area (Å²) in [6.07, 6.45) is 6.62. The zero-order valence-corrected chi connectivity index (χ0v) is 10.4. The van der Waals surface area contributed by atoms with Crippen LogP contribution in [0.3, 0.4) is 0 Å². The van der Waals surface area contributed by atoms with E-state index in [4.69, 9.17) is 0 Å². The zero-order chi connectivity index (χ0) is 13.0. The highest BCUT2D eigenvalue weighted by atomic mass is 16.3. The van der Waals surface area contributed by atoms with Crippen LogP contribution in [0.15, 0.2) is 18.2 Å². The van der Waals surface area contributed by atoms with E-state index in [-0.39, 0.29) is 23.1 Å². The van der Waals surface area contributed by atoms with E-state index in [1.165, 1.54) is 31.0 Å². The van der Waals surface area contributed by atoms with Crippen LogP contribution in [0.5, 0.6) is 11.5 Å². The number of hydrogen-bond acceptors (Lipinski definition) is 3. The Bertz CT molecular complexity index is 403. The Labute approximate surface area is 107 Å². The summed E-state index contributed by atoms with van der Waals surface area (Å²) in [6, 6.07) is 4.47. The molecule has 4 heteroatoms. The highest BCUT2D eigenvalue weighted by Gasteiger charge is 2.20. The van der Waals surface area contributed by atoms with Gasteiger partial charge in [0.05, 0.1) is 0 Å². The van der Waals surface area contributed by atoms with E-state index in [2.05, 4.69) is 5.32 Å². The molecule has 1 aliphatic rings. The second kappa shape index (κ2) is 5.76. The fourth-order valence-electron chi connectivity index (χ4n) is 2.44. The van der Waals surface area contributed by atoms with Crippen molar-refractivity contribution in [2.45, 2.75) is 44.6 Å². The van der Waals surface area contributed by atoms with Crippen molar-refractivity contribution >= 4 is 5.91 Å². The molecule has 1 aromatic carbocycles. The second-order valence-electron chi connectivity index (χ2n) is 4.83. The third-order valence-electron chi connectivity index (χ3n) is 3.44. The SMILES string of the molecule is O=C(NC1CCCCCC1)c1c(O)cccc1O. The number of carbonyl (C=O) groups excluding carboxylic acids is 1. The maximum Gasteiger partial charge on any atom is 0.259 e. The van der Waals surface area contributed by atoms with Gasteiger partial charge in [0.15, 0.2) is 0 Å². The summed E-state index contributed by atoms with van der Waals surface area (Å²) >= 11 is 0. The number of amides is 1. The van der Waals surface area contributed by atoms with E-state index < -0.39 is 5.91 Å². The van der Waals surface area contributed by atoms with Crippen molar-refractivity contribution in [3.8, 4) is 11.5 Å². The Kier molecular flexibility index (Phi) is 4.07. The molecular weight excluding hydrogens is 230 g/mol. The van der Waals surface area contributed by atoms with Crippen molar-refractivity contribution in [1.82, 2.24) is 5.32 Å². The van der Waals surface area contributed by atoms with Gasteiger partial charge in [0.25, 0.3) is 5.91 Å². The molecule has 4 nitrogen and oxygen atoms in total. The van der Waals surface area contributed by atoms with Crippen LogP contribution in [0.25, 0.3) is 0 Å². The molecule has 0 radical (unpaired) electrons. The molecule has 2 rings (SSSR count). The average molecular weight is 249 g/mol. The van der Waals surface area contributed by atoms with Crippen molar-refractivity contribution in [2.24, 2.45) is 0 Å². The fraction of sp³-hybridized carbons (Fsp3) is 0.500. The number of hydrogen-bond donors (Lipinski definition) is 3. The molecule has 0 bridgehead atoms. The molecule has 0 saturated heterocycles. The summed E-state index contributed by atoms with van der Waals surface area (Å²) in [5.74, 6) is -0.750. The lowest BCUT2D eigenvalue weighted by Gasteiger charge is -2.17. The number of carbonyl (C=O) groups is 1. The number of phenolic OH excluding ortho intramolecular Hbond substituents is 2. The third-order valence-corrected chi connectivity index (χ3v) is 3.44. The summed E-state index contributed by atoms with van der Waals surface area (Å²) in [5.41, 5.74) is -0.0262. The fourth-order valence-corrected chi connectivity index (χ4v) is 2.44. The molecule has 1 fully saturated rings. The van der Waals surface area contributed by atoms with Crippen molar-refractivity contribution in [3.05, 3.63) is 23.8 Å². The van der Waals surface area contributed by atoms with Crippen LogP contribution in [-0.2, 0) is 0 Å². The molecule has 1 aliphatic carbocycles. The quantitative estimate of drug-likeness (QED) is 0.705. The van der Waals surface area contributed by atoms with Crippen LogP contribution in [0, 0.1) is 0 Å². The summed E-state index contributed by atoms with van der Waals surface area (Å²) in [5, 5.41) is 22.1. The average Bonchev–Trinajstić information content (AvgIpc) is 2.57. The van der Waals surface area contributed by atoms with Gasteiger partial charge in [-0.3, -0.25) is 4.79 Å². The summed E-state index contributed by atoms with van der Waals surface area (Å²) in [6.45, 7) is 0. The van der Waals surface area contributed by atoms with Gasteiger partial charge in [0, 0.05) is 6.04 Å². The predicted octanol–water partition coefficient (Wildman–Crippen LogP) is 2.55. The van der Waals surface area contributed by atoms with Crippen LogP contribution in [-0.4, -0.2) is 22.2 Å². The predicted molar refractivity (Wildman–Crippen MR) is 68.7 cm³/mol. The van der Waals surface area contributed by atoms with E-state index in [0.29, 0.717) is 0 Å². The van der Waals surface area contributed by atoms with Gasteiger partial charge in [-0.15, -0.1) is 0 Å². The number of benzene rings is 1. The van der Waals surface area contributed by atoms with Crippen LogP contribution in [0.2, 0.25) is 0 Å². The van der Waals surface area contributed by atoms with Gasteiger partial charge in [0.2, 0.25) is 0 Å². The smallest absolute Gasteiger partial charge is 0.259 e. The van der Waals surface area contributed by atoms with E-state index in [1.54, 1.807) is 0 Å². The Hall–Kier alpha value is -1.71. The number of phenols is 2. The van der Waals surface area contributed by atoms with Gasteiger partial charge in [-0.2, -0.15) is 0 Å². The van der Waals surface area contributed by atoms with Gasteiger partial charge < -0.3 is 15.5 Å². The number of rotatable bonds is 2. The van der Waals surface area contributed by atoms with Crippen molar-refractivity contribution < 1.29 is 15.0 Å². The number of aromatic hydroxyl groups is 2. The summed E-state index contributed by atoms with van der Waals surface area (Å²) in [7, 11) is 0. The van der Waals surface area contributed by atoms with Gasteiger partial charge in [0.1, 0.15) is 17.1 Å². The first-order valence-corrected chi connectivity index (χ1v) is 6.50. The van der Waals surface area contributed by atoms with Gasteiger partial charge in [-0.25, -0.2) is 0 Å². The maximum atomic E-state index is 12.0. The van der Waals surface area contributed by atoms with Crippen LogP contribution in [0.4, 0.5) is 0 Å². The Morgan fingerprint density at radius 3 is 2.17 bits per heavy atom. The normalized spacial score (nSPS) is 17.1. The first-order chi connectivity index (χ1) is 8.68. The Morgan fingerprint density at radius 2 is 1.61 bits per heavy atom. The van der Waals surface area contributed by atoms with Gasteiger partial charge in [-0.05, 0) is 25.0 Å². The lowest BCUT2D eigenvalue weighted by molar-refractivity contribution is 0.0928. The molecule has 18 heavy (non-hydrogen) atoms. The molecule has 0 aromatic heterocycles. The first-order valence-electron chi connectivity index (χ1n) is 6.50. The first kappa shape index (κ1) is 12.7. The van der Waals surface area contributed by atoms with Gasteiger partial charge >= 0.3 is 0 Å².